The fourth-order valence-corrected chi connectivity index (χ4v) is 3.69. The van der Waals surface area contributed by atoms with Crippen molar-refractivity contribution in [2.75, 3.05) is 0 Å². The van der Waals surface area contributed by atoms with Crippen LogP contribution in [0.3, 0.4) is 0 Å². The molecule has 8 nitrogen and oxygen atoms in total. The number of rotatable bonds is 4. The number of hydrogen-bond acceptors (Lipinski definition) is 5. The summed E-state index contributed by atoms with van der Waals surface area (Å²) in [5.41, 5.74) is 3.00. The van der Waals surface area contributed by atoms with Crippen LogP contribution >= 0.6 is 15.9 Å². The van der Waals surface area contributed by atoms with Crippen LogP contribution in [0.1, 0.15) is 11.5 Å². The second-order valence-electron chi connectivity index (χ2n) is 6.12. The molecule has 0 saturated heterocycles. The topological polar surface area (TPSA) is 130 Å². The number of allylic oxidation sites excluding steroid dienone is 1. The van der Waals surface area contributed by atoms with E-state index in [1.165, 1.54) is 12.1 Å². The van der Waals surface area contributed by atoms with Crippen LogP contribution in [0.25, 0.3) is 28.5 Å². The summed E-state index contributed by atoms with van der Waals surface area (Å²) in [6, 6.07) is 13.8. The third-order valence-corrected chi connectivity index (χ3v) is 5.56. The number of benzene rings is 1. The molecule has 0 atom stereocenters. The second-order valence-corrected chi connectivity index (χ2v) is 8.60. The molecular weight excluding hydrogens is 456 g/mol. The number of sulfonamides is 1. The molecule has 0 radical (unpaired) electrons. The number of aromatic nitrogens is 4. The number of nitrogens with two attached hydrogens (primary N) is 1. The van der Waals surface area contributed by atoms with Gasteiger partial charge in [0, 0.05) is 28.2 Å². The standard InChI is InChI=1S/C19H13BrN6O2S/c20-13-9-17-19(23-11-13)25-18(24-17)12(10-21)8-15-2-1-7-26(15)14-3-5-16(6-4-14)29(22,27)28/h1-9,11H,(H2,22,27,28)(H,23,24,25)/b12-8+. The zero-order valence-corrected chi connectivity index (χ0v) is 17.1. The number of halogens is 1. The molecule has 0 aliphatic heterocycles. The third kappa shape index (κ3) is 3.84. The van der Waals surface area contributed by atoms with Crippen molar-refractivity contribution < 1.29 is 8.42 Å². The van der Waals surface area contributed by atoms with Gasteiger partial charge in [-0.05, 0) is 64.5 Å². The fourth-order valence-electron chi connectivity index (χ4n) is 2.85. The molecule has 4 rings (SSSR count). The molecule has 0 spiro atoms. The summed E-state index contributed by atoms with van der Waals surface area (Å²) in [5, 5.41) is 14.8. The number of H-pyrrole nitrogens is 1. The zero-order chi connectivity index (χ0) is 20.6. The van der Waals surface area contributed by atoms with Crippen molar-refractivity contribution >= 4 is 48.8 Å². The molecule has 0 saturated carbocycles. The average Bonchev–Trinajstić information content (AvgIpc) is 3.31. The van der Waals surface area contributed by atoms with Crippen LogP contribution in [-0.4, -0.2) is 27.9 Å². The Hall–Kier alpha value is -3.26. The summed E-state index contributed by atoms with van der Waals surface area (Å²) >= 11 is 3.36. The van der Waals surface area contributed by atoms with Crippen molar-refractivity contribution in [1.82, 2.24) is 19.5 Å². The van der Waals surface area contributed by atoms with E-state index in [0.29, 0.717) is 22.6 Å². The lowest BCUT2D eigenvalue weighted by atomic mass is 10.2. The number of nitriles is 1. The average molecular weight is 469 g/mol. The quantitative estimate of drug-likeness (QED) is 0.443. The SMILES string of the molecule is N#C/C(=C\c1cccn1-c1ccc(S(N)(=O)=O)cc1)c1nc2ncc(Br)cc2[nH]1. The number of imidazole rings is 1. The Morgan fingerprint density at radius 3 is 2.72 bits per heavy atom. The van der Waals surface area contributed by atoms with Crippen LogP contribution in [-0.2, 0) is 10.0 Å². The molecule has 0 aliphatic rings. The fraction of sp³-hybridized carbons (Fsp3) is 0. The Bertz CT molecular complexity index is 1390. The van der Waals surface area contributed by atoms with Gasteiger partial charge in [-0.2, -0.15) is 5.26 Å². The number of primary sulfonamides is 1. The normalized spacial score (nSPS) is 12.2. The molecule has 0 amide bonds. The highest BCUT2D eigenvalue weighted by molar-refractivity contribution is 9.10. The lowest BCUT2D eigenvalue weighted by Crippen LogP contribution is -2.12. The summed E-state index contributed by atoms with van der Waals surface area (Å²) in [6.45, 7) is 0. The molecule has 29 heavy (non-hydrogen) atoms. The van der Waals surface area contributed by atoms with Crippen LogP contribution in [0.4, 0.5) is 0 Å². The van der Waals surface area contributed by atoms with E-state index in [9.17, 15) is 13.7 Å². The van der Waals surface area contributed by atoms with Crippen LogP contribution in [0, 0.1) is 11.3 Å². The molecule has 3 N–H and O–H groups in total. The van der Waals surface area contributed by atoms with E-state index in [-0.39, 0.29) is 4.90 Å². The Morgan fingerprint density at radius 1 is 1.28 bits per heavy atom. The van der Waals surface area contributed by atoms with Gasteiger partial charge in [0.1, 0.15) is 6.07 Å². The van der Waals surface area contributed by atoms with Crippen LogP contribution in [0.5, 0.6) is 0 Å². The van der Waals surface area contributed by atoms with E-state index in [1.54, 1.807) is 24.4 Å². The van der Waals surface area contributed by atoms with Crippen molar-refractivity contribution in [2.24, 2.45) is 5.14 Å². The van der Waals surface area contributed by atoms with Crippen LogP contribution < -0.4 is 5.14 Å². The molecule has 3 heterocycles. The lowest BCUT2D eigenvalue weighted by molar-refractivity contribution is 0.598. The number of hydrogen-bond donors (Lipinski definition) is 2. The first-order chi connectivity index (χ1) is 13.8. The summed E-state index contributed by atoms with van der Waals surface area (Å²) in [4.78, 5) is 11.7. The van der Waals surface area contributed by atoms with Crippen molar-refractivity contribution in [3.63, 3.8) is 0 Å². The van der Waals surface area contributed by atoms with E-state index in [2.05, 4.69) is 37.0 Å². The van der Waals surface area contributed by atoms with Crippen LogP contribution in [0.2, 0.25) is 0 Å². The van der Waals surface area contributed by atoms with Gasteiger partial charge in [0.15, 0.2) is 11.5 Å². The highest BCUT2D eigenvalue weighted by atomic mass is 79.9. The maximum atomic E-state index is 11.4. The number of pyridine rings is 1. The van der Waals surface area contributed by atoms with Crippen molar-refractivity contribution in [3.8, 4) is 11.8 Å². The largest absolute Gasteiger partial charge is 0.336 e. The van der Waals surface area contributed by atoms with Crippen molar-refractivity contribution in [2.45, 2.75) is 4.90 Å². The number of aromatic amines is 1. The Balaban J connectivity index is 1.74. The maximum absolute atomic E-state index is 11.4. The van der Waals surface area contributed by atoms with E-state index < -0.39 is 10.0 Å². The number of fused-ring (bicyclic) bond motifs is 1. The molecular formula is C19H13BrN6O2S. The molecule has 10 heteroatoms. The minimum absolute atomic E-state index is 0.0316. The van der Waals surface area contributed by atoms with Gasteiger partial charge in [0.25, 0.3) is 0 Å². The molecule has 0 unspecified atom stereocenters. The van der Waals surface area contributed by atoms with Gasteiger partial charge in [0.05, 0.1) is 16.0 Å². The van der Waals surface area contributed by atoms with Gasteiger partial charge < -0.3 is 9.55 Å². The van der Waals surface area contributed by atoms with E-state index in [0.717, 1.165) is 15.9 Å². The highest BCUT2D eigenvalue weighted by Crippen LogP contribution is 2.22. The van der Waals surface area contributed by atoms with Gasteiger partial charge in [-0.15, -0.1) is 0 Å². The minimum Gasteiger partial charge on any atom is -0.336 e. The Kier molecular flexibility index (Phi) is 4.79. The second kappa shape index (κ2) is 7.29. The molecule has 144 valence electrons. The van der Waals surface area contributed by atoms with E-state index >= 15 is 0 Å². The first kappa shape index (κ1) is 19.1. The highest BCUT2D eigenvalue weighted by Gasteiger charge is 2.12. The Labute approximate surface area is 174 Å². The van der Waals surface area contributed by atoms with E-state index in [4.69, 9.17) is 5.14 Å². The van der Waals surface area contributed by atoms with Crippen LogP contribution in [0.15, 0.2) is 64.2 Å². The maximum Gasteiger partial charge on any atom is 0.238 e. The number of nitrogens with one attached hydrogen (secondary N) is 1. The monoisotopic (exact) mass is 468 g/mol. The molecule has 0 aliphatic carbocycles. The van der Waals surface area contributed by atoms with E-state index in [1.807, 2.05) is 29.0 Å². The van der Waals surface area contributed by atoms with Gasteiger partial charge in [0.2, 0.25) is 10.0 Å². The third-order valence-electron chi connectivity index (χ3n) is 4.20. The summed E-state index contributed by atoms with van der Waals surface area (Å²) < 4.78 is 25.5. The van der Waals surface area contributed by atoms with Gasteiger partial charge in [-0.1, -0.05) is 0 Å². The summed E-state index contributed by atoms with van der Waals surface area (Å²) in [7, 11) is -3.76. The smallest absolute Gasteiger partial charge is 0.238 e. The molecule has 0 fully saturated rings. The minimum atomic E-state index is -3.76. The van der Waals surface area contributed by atoms with Crippen molar-refractivity contribution in [1.29, 1.82) is 5.26 Å². The van der Waals surface area contributed by atoms with Crippen molar-refractivity contribution in [3.05, 3.63) is 70.8 Å². The number of nitrogens with zero attached hydrogens (tertiary/aromatic N) is 4. The van der Waals surface area contributed by atoms with Gasteiger partial charge >= 0.3 is 0 Å². The summed E-state index contributed by atoms with van der Waals surface area (Å²) in [5.74, 6) is 0.408. The molecule has 3 aromatic heterocycles. The zero-order valence-electron chi connectivity index (χ0n) is 14.7. The Morgan fingerprint density at radius 2 is 2.03 bits per heavy atom. The first-order valence-corrected chi connectivity index (χ1v) is 10.6. The molecule has 0 bridgehead atoms. The predicted molar refractivity (Wildman–Crippen MR) is 112 cm³/mol. The molecule has 4 aromatic rings. The first-order valence-electron chi connectivity index (χ1n) is 8.29. The van der Waals surface area contributed by atoms with Gasteiger partial charge in [-0.3, -0.25) is 0 Å². The lowest BCUT2D eigenvalue weighted by Gasteiger charge is -2.08. The molecule has 1 aromatic carbocycles. The van der Waals surface area contributed by atoms with Gasteiger partial charge in [-0.25, -0.2) is 23.5 Å². The summed E-state index contributed by atoms with van der Waals surface area (Å²) in [6.07, 6.45) is 5.14. The predicted octanol–water partition coefficient (Wildman–Crippen LogP) is 3.22.